The normalized spacial score (nSPS) is 11.5. The van der Waals surface area contributed by atoms with Gasteiger partial charge in [0.05, 0.1) is 24.7 Å². The molecule has 0 unspecified atom stereocenters. The summed E-state index contributed by atoms with van der Waals surface area (Å²) in [6, 6.07) is 17.0. The van der Waals surface area contributed by atoms with Crippen molar-refractivity contribution < 1.29 is 29.1 Å². The van der Waals surface area contributed by atoms with Crippen LogP contribution in [0.2, 0.25) is 0 Å². The fourth-order valence-electron chi connectivity index (χ4n) is 3.56. The number of ether oxygens (including phenoxy) is 2. The third kappa shape index (κ3) is 5.49. The van der Waals surface area contributed by atoms with E-state index >= 15 is 0 Å². The van der Waals surface area contributed by atoms with Gasteiger partial charge in [-0.15, -0.1) is 10.2 Å². The number of azo groups is 1. The van der Waals surface area contributed by atoms with Crippen LogP contribution >= 0.6 is 0 Å². The summed E-state index contributed by atoms with van der Waals surface area (Å²) in [4.78, 5) is 39.1. The Morgan fingerprint density at radius 2 is 1.76 bits per heavy atom. The van der Waals surface area contributed by atoms with Crippen molar-refractivity contribution >= 4 is 40.2 Å². The zero-order valence-electron chi connectivity index (χ0n) is 20.2. The average Bonchev–Trinajstić information content (AvgIpc) is 3.25. The number of benzene rings is 3. The van der Waals surface area contributed by atoms with Crippen molar-refractivity contribution in [2.24, 2.45) is 10.2 Å². The lowest BCUT2D eigenvalue weighted by Gasteiger charge is -2.10. The third-order valence-corrected chi connectivity index (χ3v) is 5.42. The number of fused-ring (bicyclic) bond motifs is 1. The molecule has 0 saturated carbocycles. The molecule has 4 aromatic rings. The van der Waals surface area contributed by atoms with Gasteiger partial charge in [-0.05, 0) is 42.0 Å². The van der Waals surface area contributed by atoms with Crippen LogP contribution in [0.3, 0.4) is 0 Å². The summed E-state index contributed by atoms with van der Waals surface area (Å²) >= 11 is 0. The standard InChI is InChI=1S/C26H21N5O7/c1-37-21-11-8-15(13-22(21)38-2)12-20(28-24(32)16-6-4-3-5-7-16)25(33)30-29-23-18-14-17(31(35)36)9-10-19(18)27-26(23)34/h3-14,27,34H,1-2H3,(H,28,32)/b20-12+,30-29?. The van der Waals surface area contributed by atoms with Gasteiger partial charge in [-0.1, -0.05) is 24.3 Å². The molecule has 0 aliphatic rings. The molecule has 0 atom stereocenters. The molecular weight excluding hydrogens is 494 g/mol. The molecule has 12 heteroatoms. The lowest BCUT2D eigenvalue weighted by atomic mass is 10.1. The number of carbonyl (C=O) groups excluding carboxylic acids is 2. The molecule has 0 saturated heterocycles. The Labute approximate surface area is 215 Å². The van der Waals surface area contributed by atoms with Gasteiger partial charge in [-0.3, -0.25) is 19.7 Å². The molecule has 0 aliphatic carbocycles. The van der Waals surface area contributed by atoms with E-state index < -0.39 is 22.6 Å². The molecule has 192 valence electrons. The Hall–Kier alpha value is -5.52. The zero-order chi connectivity index (χ0) is 27.2. The molecule has 0 spiro atoms. The van der Waals surface area contributed by atoms with E-state index in [9.17, 15) is 24.8 Å². The van der Waals surface area contributed by atoms with Crippen LogP contribution in [0.25, 0.3) is 17.0 Å². The van der Waals surface area contributed by atoms with Crippen LogP contribution in [0.4, 0.5) is 11.4 Å². The molecule has 1 aromatic heterocycles. The highest BCUT2D eigenvalue weighted by molar-refractivity contribution is 6.05. The van der Waals surface area contributed by atoms with Gasteiger partial charge < -0.3 is 24.9 Å². The van der Waals surface area contributed by atoms with E-state index in [0.29, 0.717) is 28.1 Å². The Balaban J connectivity index is 1.72. The van der Waals surface area contributed by atoms with Gasteiger partial charge in [0.2, 0.25) is 5.88 Å². The van der Waals surface area contributed by atoms with Crippen LogP contribution in [0.5, 0.6) is 17.4 Å². The number of nitro benzene ring substituents is 1. The van der Waals surface area contributed by atoms with Crippen molar-refractivity contribution in [3.8, 4) is 17.4 Å². The molecule has 0 radical (unpaired) electrons. The maximum Gasteiger partial charge on any atom is 0.311 e. The number of H-pyrrole nitrogens is 1. The summed E-state index contributed by atoms with van der Waals surface area (Å²) < 4.78 is 10.5. The first-order valence-electron chi connectivity index (χ1n) is 11.1. The number of non-ortho nitro benzene ring substituents is 1. The van der Waals surface area contributed by atoms with Crippen molar-refractivity contribution in [2.45, 2.75) is 0 Å². The van der Waals surface area contributed by atoms with E-state index in [2.05, 4.69) is 20.5 Å². The fourth-order valence-corrected chi connectivity index (χ4v) is 3.56. The Morgan fingerprint density at radius 3 is 2.45 bits per heavy atom. The molecule has 0 bridgehead atoms. The largest absolute Gasteiger partial charge is 0.493 e. The molecule has 12 nitrogen and oxygen atoms in total. The Kier molecular flexibility index (Phi) is 7.43. The van der Waals surface area contributed by atoms with Gasteiger partial charge in [-0.2, -0.15) is 0 Å². The lowest BCUT2D eigenvalue weighted by molar-refractivity contribution is -0.384. The molecule has 2 amide bonds. The number of methoxy groups -OCH3 is 2. The number of aromatic nitrogens is 1. The van der Waals surface area contributed by atoms with E-state index in [1.165, 1.54) is 38.5 Å². The van der Waals surface area contributed by atoms with Crippen LogP contribution in [0.15, 0.2) is 82.7 Å². The van der Waals surface area contributed by atoms with Gasteiger partial charge in [0.25, 0.3) is 11.6 Å². The monoisotopic (exact) mass is 515 g/mol. The second-order valence-electron chi connectivity index (χ2n) is 7.81. The van der Waals surface area contributed by atoms with Crippen molar-refractivity contribution in [1.29, 1.82) is 0 Å². The minimum Gasteiger partial charge on any atom is -0.493 e. The van der Waals surface area contributed by atoms with Crippen LogP contribution in [-0.2, 0) is 4.79 Å². The van der Waals surface area contributed by atoms with E-state index in [-0.39, 0.29) is 22.5 Å². The highest BCUT2D eigenvalue weighted by Gasteiger charge is 2.18. The van der Waals surface area contributed by atoms with Crippen LogP contribution in [0.1, 0.15) is 15.9 Å². The maximum atomic E-state index is 13.1. The average molecular weight is 515 g/mol. The van der Waals surface area contributed by atoms with Crippen LogP contribution < -0.4 is 14.8 Å². The first-order chi connectivity index (χ1) is 18.3. The zero-order valence-corrected chi connectivity index (χ0v) is 20.2. The molecule has 3 aromatic carbocycles. The predicted molar refractivity (Wildman–Crippen MR) is 138 cm³/mol. The van der Waals surface area contributed by atoms with E-state index in [1.807, 2.05) is 0 Å². The van der Waals surface area contributed by atoms with Gasteiger partial charge in [-0.25, -0.2) is 0 Å². The number of carbonyl (C=O) groups is 2. The summed E-state index contributed by atoms with van der Waals surface area (Å²) in [6.45, 7) is 0. The molecule has 1 heterocycles. The smallest absolute Gasteiger partial charge is 0.311 e. The van der Waals surface area contributed by atoms with Crippen molar-refractivity contribution in [3.63, 3.8) is 0 Å². The van der Waals surface area contributed by atoms with Crippen molar-refractivity contribution in [1.82, 2.24) is 10.3 Å². The minimum absolute atomic E-state index is 0.170. The number of hydrogen-bond donors (Lipinski definition) is 3. The topological polar surface area (TPSA) is 169 Å². The maximum absolute atomic E-state index is 13.1. The molecule has 0 aliphatic heterocycles. The summed E-state index contributed by atoms with van der Waals surface area (Å²) in [5.41, 5.74) is 0.519. The summed E-state index contributed by atoms with van der Waals surface area (Å²) in [7, 11) is 2.94. The fraction of sp³-hybridized carbons (Fsp3) is 0.0769. The summed E-state index contributed by atoms with van der Waals surface area (Å²) in [5.74, 6) is -1.07. The first-order valence-corrected chi connectivity index (χ1v) is 11.1. The van der Waals surface area contributed by atoms with E-state index in [4.69, 9.17) is 9.47 Å². The third-order valence-electron chi connectivity index (χ3n) is 5.42. The number of rotatable bonds is 8. The number of nitrogens with one attached hydrogen (secondary N) is 2. The van der Waals surface area contributed by atoms with Crippen LogP contribution in [0, 0.1) is 10.1 Å². The van der Waals surface area contributed by atoms with E-state index in [1.54, 1.807) is 48.5 Å². The molecule has 38 heavy (non-hydrogen) atoms. The SMILES string of the molecule is COc1ccc(/C=C(/NC(=O)c2ccccc2)C(=O)N=Nc2c(O)[nH]c3ccc([N+](=O)[O-])cc23)cc1OC. The minimum atomic E-state index is -0.941. The summed E-state index contributed by atoms with van der Waals surface area (Å²) in [6.07, 6.45) is 1.38. The van der Waals surface area contributed by atoms with Crippen molar-refractivity contribution in [3.05, 3.63) is 93.7 Å². The molecule has 3 N–H and O–H groups in total. The Bertz CT molecular complexity index is 1590. The summed E-state index contributed by atoms with van der Waals surface area (Å²) in [5, 5.41) is 31.6. The number of aromatic amines is 1. The highest BCUT2D eigenvalue weighted by atomic mass is 16.6. The van der Waals surface area contributed by atoms with Gasteiger partial charge in [0.1, 0.15) is 5.70 Å². The second-order valence-corrected chi connectivity index (χ2v) is 7.81. The molecular formula is C26H21N5O7. The number of nitro groups is 1. The van der Waals surface area contributed by atoms with Gasteiger partial charge in [0, 0.05) is 23.1 Å². The molecule has 4 rings (SSSR count). The van der Waals surface area contributed by atoms with Crippen LogP contribution in [-0.4, -0.2) is 41.0 Å². The van der Waals surface area contributed by atoms with Crippen molar-refractivity contribution in [2.75, 3.05) is 14.2 Å². The Morgan fingerprint density at radius 1 is 1.03 bits per heavy atom. The molecule has 0 fully saturated rings. The number of aromatic hydroxyl groups is 1. The van der Waals surface area contributed by atoms with Gasteiger partial charge >= 0.3 is 5.91 Å². The highest BCUT2D eigenvalue weighted by Crippen LogP contribution is 2.37. The first kappa shape index (κ1) is 25.6. The number of amides is 2. The quantitative estimate of drug-likeness (QED) is 0.130. The number of hydrogen-bond acceptors (Lipinski definition) is 8. The predicted octanol–water partition coefficient (Wildman–Crippen LogP) is 4.88. The van der Waals surface area contributed by atoms with Gasteiger partial charge in [0.15, 0.2) is 17.2 Å². The lowest BCUT2D eigenvalue weighted by Crippen LogP contribution is -2.26. The second kappa shape index (κ2) is 11.0. The number of nitrogens with zero attached hydrogens (tertiary/aromatic N) is 3. The van der Waals surface area contributed by atoms with E-state index in [0.717, 1.165) is 0 Å².